The predicted octanol–water partition coefficient (Wildman–Crippen LogP) is 2.38. The van der Waals surface area contributed by atoms with Crippen LogP contribution in [0.4, 0.5) is 5.69 Å². The average molecular weight is 252 g/mol. The van der Waals surface area contributed by atoms with Gasteiger partial charge in [0.15, 0.2) is 5.69 Å². The van der Waals surface area contributed by atoms with Crippen LogP contribution in [0.5, 0.6) is 0 Å². The van der Waals surface area contributed by atoms with E-state index in [9.17, 15) is 4.79 Å². The Bertz CT molecular complexity index is 398. The normalized spacial score (nSPS) is 10.9. The van der Waals surface area contributed by atoms with Crippen LogP contribution in [0.25, 0.3) is 0 Å². The summed E-state index contributed by atoms with van der Waals surface area (Å²) < 4.78 is 0. The largest absolute Gasteiger partial charge is 0.395 e. The lowest BCUT2D eigenvalue weighted by molar-refractivity contribution is 0.0757. The van der Waals surface area contributed by atoms with Gasteiger partial charge in [-0.15, -0.1) is 0 Å². The second-order valence-electron chi connectivity index (χ2n) is 4.79. The number of anilines is 1. The molecule has 0 atom stereocenters. The summed E-state index contributed by atoms with van der Waals surface area (Å²) in [7, 11) is 0. The second-order valence-corrected chi connectivity index (χ2v) is 4.79. The molecule has 1 aromatic rings. The summed E-state index contributed by atoms with van der Waals surface area (Å²) in [6.45, 7) is 9.56. The third-order valence-corrected chi connectivity index (χ3v) is 3.06. The number of aromatic nitrogens is 2. The van der Waals surface area contributed by atoms with Crippen molar-refractivity contribution in [2.24, 2.45) is 0 Å². The Labute approximate surface area is 109 Å². The van der Waals surface area contributed by atoms with E-state index < -0.39 is 0 Å². The minimum absolute atomic E-state index is 0.0772. The van der Waals surface area contributed by atoms with Crippen LogP contribution >= 0.6 is 0 Å². The van der Waals surface area contributed by atoms with Crippen molar-refractivity contribution < 1.29 is 4.79 Å². The zero-order chi connectivity index (χ0) is 13.7. The van der Waals surface area contributed by atoms with Gasteiger partial charge in [0.1, 0.15) is 0 Å². The van der Waals surface area contributed by atoms with E-state index in [-0.39, 0.29) is 11.8 Å². The topological polar surface area (TPSA) is 75.0 Å². The standard InChI is InChI=1S/C13H24N4O/c1-5-7-8-17(6-2)13(18)12-10(14)11(9(3)4)15-16-12/h9H,5-8,14H2,1-4H3,(H,15,16). The Morgan fingerprint density at radius 3 is 2.56 bits per heavy atom. The Kier molecular flexibility index (Phi) is 5.19. The number of unbranched alkanes of at least 4 members (excludes halogenated alkanes) is 1. The van der Waals surface area contributed by atoms with Crippen molar-refractivity contribution in [2.45, 2.75) is 46.5 Å². The minimum atomic E-state index is -0.0772. The van der Waals surface area contributed by atoms with E-state index in [1.54, 1.807) is 4.90 Å². The minimum Gasteiger partial charge on any atom is -0.395 e. The molecule has 102 valence electrons. The van der Waals surface area contributed by atoms with Gasteiger partial charge in [0.25, 0.3) is 5.91 Å². The molecule has 1 heterocycles. The van der Waals surface area contributed by atoms with Gasteiger partial charge in [-0.25, -0.2) is 0 Å². The SMILES string of the molecule is CCCCN(CC)C(=O)c1n[nH]c(C(C)C)c1N. The highest BCUT2D eigenvalue weighted by molar-refractivity contribution is 5.97. The highest BCUT2D eigenvalue weighted by atomic mass is 16.2. The molecule has 0 spiro atoms. The molecule has 18 heavy (non-hydrogen) atoms. The molecule has 1 amide bonds. The molecule has 0 bridgehead atoms. The molecule has 5 nitrogen and oxygen atoms in total. The average Bonchev–Trinajstić information content (AvgIpc) is 2.71. The summed E-state index contributed by atoms with van der Waals surface area (Å²) in [5.41, 5.74) is 7.67. The van der Waals surface area contributed by atoms with Crippen molar-refractivity contribution in [2.75, 3.05) is 18.8 Å². The summed E-state index contributed by atoms with van der Waals surface area (Å²) in [4.78, 5) is 14.1. The summed E-state index contributed by atoms with van der Waals surface area (Å²) in [6, 6.07) is 0. The molecule has 0 saturated carbocycles. The fourth-order valence-electron chi connectivity index (χ4n) is 1.87. The summed E-state index contributed by atoms with van der Waals surface area (Å²) in [5.74, 6) is 0.163. The number of carbonyl (C=O) groups excluding carboxylic acids is 1. The third-order valence-electron chi connectivity index (χ3n) is 3.06. The van der Waals surface area contributed by atoms with Crippen LogP contribution in [0.3, 0.4) is 0 Å². The molecule has 0 unspecified atom stereocenters. The zero-order valence-electron chi connectivity index (χ0n) is 11.8. The van der Waals surface area contributed by atoms with Crippen LogP contribution in [-0.4, -0.2) is 34.1 Å². The van der Waals surface area contributed by atoms with Crippen LogP contribution in [0, 0.1) is 0 Å². The maximum atomic E-state index is 12.3. The first-order valence-corrected chi connectivity index (χ1v) is 6.65. The Hall–Kier alpha value is -1.52. The number of nitrogen functional groups attached to an aromatic ring is 1. The molecule has 3 N–H and O–H groups in total. The second kappa shape index (κ2) is 6.42. The lowest BCUT2D eigenvalue weighted by Crippen LogP contribution is -2.32. The first-order valence-electron chi connectivity index (χ1n) is 6.65. The van der Waals surface area contributed by atoms with Crippen molar-refractivity contribution in [3.05, 3.63) is 11.4 Å². The van der Waals surface area contributed by atoms with E-state index in [2.05, 4.69) is 17.1 Å². The molecule has 0 aliphatic heterocycles. The van der Waals surface area contributed by atoms with Gasteiger partial charge in [0.05, 0.1) is 11.4 Å². The highest BCUT2D eigenvalue weighted by Crippen LogP contribution is 2.23. The maximum Gasteiger partial charge on any atom is 0.276 e. The van der Waals surface area contributed by atoms with E-state index in [4.69, 9.17) is 5.73 Å². The van der Waals surface area contributed by atoms with Crippen LogP contribution in [0.15, 0.2) is 0 Å². The Morgan fingerprint density at radius 1 is 1.44 bits per heavy atom. The number of amides is 1. The van der Waals surface area contributed by atoms with Gasteiger partial charge in [-0.2, -0.15) is 5.10 Å². The van der Waals surface area contributed by atoms with Gasteiger partial charge in [-0.3, -0.25) is 9.89 Å². The lowest BCUT2D eigenvalue weighted by atomic mass is 10.1. The smallest absolute Gasteiger partial charge is 0.276 e. The summed E-state index contributed by atoms with van der Waals surface area (Å²) >= 11 is 0. The lowest BCUT2D eigenvalue weighted by Gasteiger charge is -2.19. The number of nitrogens with two attached hydrogens (primary N) is 1. The van der Waals surface area contributed by atoms with Gasteiger partial charge in [-0.05, 0) is 19.3 Å². The number of carbonyl (C=O) groups is 1. The molecule has 1 aromatic heterocycles. The fourth-order valence-corrected chi connectivity index (χ4v) is 1.87. The third kappa shape index (κ3) is 3.03. The van der Waals surface area contributed by atoms with Crippen LogP contribution in [-0.2, 0) is 0 Å². The molecular weight excluding hydrogens is 228 g/mol. The van der Waals surface area contributed by atoms with Gasteiger partial charge in [0, 0.05) is 13.1 Å². The van der Waals surface area contributed by atoms with Crippen molar-refractivity contribution in [3.8, 4) is 0 Å². The Morgan fingerprint density at radius 2 is 2.11 bits per heavy atom. The first-order chi connectivity index (χ1) is 8.52. The number of nitrogens with zero attached hydrogens (tertiary/aromatic N) is 2. The predicted molar refractivity (Wildman–Crippen MR) is 73.6 cm³/mol. The molecule has 0 aromatic carbocycles. The van der Waals surface area contributed by atoms with Crippen molar-refractivity contribution in [1.82, 2.24) is 15.1 Å². The molecule has 0 radical (unpaired) electrons. The Balaban J connectivity index is 2.88. The van der Waals surface area contributed by atoms with Crippen molar-refractivity contribution in [1.29, 1.82) is 0 Å². The number of aromatic amines is 1. The number of hydrogen-bond acceptors (Lipinski definition) is 3. The van der Waals surface area contributed by atoms with E-state index in [0.717, 1.165) is 25.1 Å². The molecule has 5 heteroatoms. The number of H-pyrrole nitrogens is 1. The maximum absolute atomic E-state index is 12.3. The molecule has 0 aliphatic carbocycles. The summed E-state index contributed by atoms with van der Waals surface area (Å²) in [6.07, 6.45) is 2.07. The van der Waals surface area contributed by atoms with Crippen LogP contribution in [0.1, 0.15) is 62.6 Å². The highest BCUT2D eigenvalue weighted by Gasteiger charge is 2.22. The molecular formula is C13H24N4O. The molecule has 0 aliphatic rings. The van der Waals surface area contributed by atoms with Gasteiger partial charge in [0.2, 0.25) is 0 Å². The van der Waals surface area contributed by atoms with E-state index in [1.807, 2.05) is 20.8 Å². The zero-order valence-corrected chi connectivity index (χ0v) is 11.8. The molecule has 0 saturated heterocycles. The van der Waals surface area contributed by atoms with Gasteiger partial charge >= 0.3 is 0 Å². The van der Waals surface area contributed by atoms with Crippen molar-refractivity contribution in [3.63, 3.8) is 0 Å². The van der Waals surface area contributed by atoms with E-state index in [0.29, 0.717) is 17.9 Å². The quantitative estimate of drug-likeness (QED) is 0.816. The van der Waals surface area contributed by atoms with Crippen LogP contribution < -0.4 is 5.73 Å². The summed E-state index contributed by atoms with van der Waals surface area (Å²) in [5, 5.41) is 6.94. The van der Waals surface area contributed by atoms with E-state index in [1.165, 1.54) is 0 Å². The fraction of sp³-hybridized carbons (Fsp3) is 0.692. The van der Waals surface area contributed by atoms with Gasteiger partial charge in [-0.1, -0.05) is 27.2 Å². The van der Waals surface area contributed by atoms with Crippen molar-refractivity contribution >= 4 is 11.6 Å². The molecule has 1 rings (SSSR count). The van der Waals surface area contributed by atoms with Crippen LogP contribution in [0.2, 0.25) is 0 Å². The van der Waals surface area contributed by atoms with E-state index >= 15 is 0 Å². The molecule has 0 fully saturated rings. The first kappa shape index (κ1) is 14.5. The van der Waals surface area contributed by atoms with Gasteiger partial charge < -0.3 is 10.6 Å². The number of nitrogens with one attached hydrogen (secondary N) is 1. The number of rotatable bonds is 6. The number of hydrogen-bond donors (Lipinski definition) is 2. The monoisotopic (exact) mass is 252 g/mol.